The fourth-order valence-corrected chi connectivity index (χ4v) is 1.86. The monoisotopic (exact) mass is 306 g/mol. The van der Waals surface area contributed by atoms with Crippen LogP contribution in [0.4, 0.5) is 13.2 Å². The lowest BCUT2D eigenvalue weighted by molar-refractivity contribution is -0.118. The molecule has 0 atom stereocenters. The summed E-state index contributed by atoms with van der Waals surface area (Å²) >= 11 is -0.233. The number of alkyl halides is 3. The minimum Gasteiger partial charge on any atom is -0.355 e. The van der Waals surface area contributed by atoms with Gasteiger partial charge in [0.15, 0.2) is 0 Å². The maximum absolute atomic E-state index is 12.1. The van der Waals surface area contributed by atoms with Crippen LogP contribution in [0.25, 0.3) is 0 Å². The van der Waals surface area contributed by atoms with Crippen LogP contribution < -0.4 is 10.6 Å². The number of rotatable bonds is 5. The lowest BCUT2D eigenvalue weighted by atomic mass is 10.2. The predicted molar refractivity (Wildman–Crippen MR) is 69.4 cm³/mol. The Labute approximate surface area is 118 Å². The molecule has 1 aromatic rings. The first-order valence-corrected chi connectivity index (χ1v) is 6.48. The molecule has 0 unspecified atom stereocenters. The lowest BCUT2D eigenvalue weighted by Crippen LogP contribution is -2.33. The van der Waals surface area contributed by atoms with Crippen LogP contribution in [0.1, 0.15) is 17.3 Å². The summed E-state index contributed by atoms with van der Waals surface area (Å²) in [6.45, 7) is 1.90. The van der Waals surface area contributed by atoms with E-state index in [9.17, 15) is 22.8 Å². The third kappa shape index (κ3) is 6.46. The summed E-state index contributed by atoms with van der Waals surface area (Å²) in [5, 5.41) is 5.04. The third-order valence-corrected chi connectivity index (χ3v) is 2.87. The van der Waals surface area contributed by atoms with Gasteiger partial charge in [-0.05, 0) is 36.0 Å². The van der Waals surface area contributed by atoms with Crippen molar-refractivity contribution in [2.75, 3.05) is 13.1 Å². The van der Waals surface area contributed by atoms with Crippen molar-refractivity contribution in [1.82, 2.24) is 10.6 Å². The van der Waals surface area contributed by atoms with E-state index in [1.165, 1.54) is 31.2 Å². The molecule has 1 rings (SSSR count). The molecule has 2 amide bonds. The summed E-state index contributed by atoms with van der Waals surface area (Å²) in [7, 11) is 0. The van der Waals surface area contributed by atoms with E-state index in [-0.39, 0.29) is 34.7 Å². The molecule has 8 heteroatoms. The van der Waals surface area contributed by atoms with Gasteiger partial charge in [0, 0.05) is 30.5 Å². The molecule has 0 radical (unpaired) electrons. The zero-order valence-corrected chi connectivity index (χ0v) is 11.4. The van der Waals surface area contributed by atoms with E-state index in [0.717, 1.165) is 0 Å². The van der Waals surface area contributed by atoms with E-state index in [1.807, 2.05) is 0 Å². The van der Waals surface area contributed by atoms with Crippen molar-refractivity contribution in [2.24, 2.45) is 0 Å². The number of nitrogens with one attached hydrogen (secondary N) is 2. The number of carbonyl (C=O) groups is 2. The molecule has 110 valence electrons. The first-order chi connectivity index (χ1) is 9.28. The average Bonchev–Trinajstić information content (AvgIpc) is 2.33. The zero-order valence-electron chi connectivity index (χ0n) is 10.6. The predicted octanol–water partition coefficient (Wildman–Crippen LogP) is 2.16. The van der Waals surface area contributed by atoms with Gasteiger partial charge in [-0.3, -0.25) is 9.59 Å². The molecule has 0 spiro atoms. The molecule has 0 saturated carbocycles. The van der Waals surface area contributed by atoms with Crippen LogP contribution in [0.15, 0.2) is 29.2 Å². The highest BCUT2D eigenvalue weighted by atomic mass is 32.2. The van der Waals surface area contributed by atoms with Gasteiger partial charge in [0.2, 0.25) is 5.91 Å². The lowest BCUT2D eigenvalue weighted by Gasteiger charge is -2.07. The normalized spacial score (nSPS) is 11.0. The van der Waals surface area contributed by atoms with Crippen molar-refractivity contribution < 1.29 is 22.8 Å². The molecule has 0 heterocycles. The van der Waals surface area contributed by atoms with Gasteiger partial charge in [-0.15, -0.1) is 0 Å². The quantitative estimate of drug-likeness (QED) is 0.647. The Morgan fingerprint density at radius 1 is 1.10 bits per heavy atom. The Kier molecular flexibility index (Phi) is 5.87. The van der Waals surface area contributed by atoms with Gasteiger partial charge in [0.25, 0.3) is 5.91 Å². The van der Waals surface area contributed by atoms with Gasteiger partial charge in [0.05, 0.1) is 0 Å². The largest absolute Gasteiger partial charge is 0.446 e. The van der Waals surface area contributed by atoms with E-state index < -0.39 is 11.4 Å². The molecule has 0 aromatic heterocycles. The molecule has 0 bridgehead atoms. The molecule has 0 aliphatic heterocycles. The van der Waals surface area contributed by atoms with Crippen LogP contribution in [-0.2, 0) is 4.79 Å². The van der Waals surface area contributed by atoms with Crippen molar-refractivity contribution in [1.29, 1.82) is 0 Å². The highest BCUT2D eigenvalue weighted by Crippen LogP contribution is 2.36. The first kappa shape index (κ1) is 16.4. The van der Waals surface area contributed by atoms with Crippen molar-refractivity contribution in [3.8, 4) is 0 Å². The van der Waals surface area contributed by atoms with Crippen LogP contribution in [0.5, 0.6) is 0 Å². The van der Waals surface area contributed by atoms with Gasteiger partial charge >= 0.3 is 5.51 Å². The number of amides is 2. The minimum absolute atomic E-state index is 0.0206. The van der Waals surface area contributed by atoms with Crippen LogP contribution in [0.2, 0.25) is 0 Å². The second kappa shape index (κ2) is 7.18. The fraction of sp³-hybridized carbons (Fsp3) is 0.333. The standard InChI is InChI=1S/C12H13F3N2O2S/c1-8(18)16-6-7-17-11(19)9-2-4-10(5-3-9)20-12(13,14)15/h2-5H,6-7H2,1H3,(H,16,18)(H,17,19). The molecule has 1 aromatic carbocycles. The molecular weight excluding hydrogens is 293 g/mol. The summed E-state index contributed by atoms with van der Waals surface area (Å²) < 4.78 is 36.4. The van der Waals surface area contributed by atoms with E-state index in [4.69, 9.17) is 0 Å². The van der Waals surface area contributed by atoms with Gasteiger partial charge in [-0.2, -0.15) is 13.2 Å². The minimum atomic E-state index is -4.35. The van der Waals surface area contributed by atoms with Crippen molar-refractivity contribution in [2.45, 2.75) is 17.3 Å². The summed E-state index contributed by atoms with van der Waals surface area (Å²) in [6.07, 6.45) is 0. The zero-order chi connectivity index (χ0) is 15.2. The number of thioether (sulfide) groups is 1. The topological polar surface area (TPSA) is 58.2 Å². The Balaban J connectivity index is 2.47. The SMILES string of the molecule is CC(=O)NCCNC(=O)c1ccc(SC(F)(F)F)cc1. The van der Waals surface area contributed by atoms with Crippen molar-refractivity contribution in [3.63, 3.8) is 0 Å². The Morgan fingerprint density at radius 3 is 2.15 bits per heavy atom. The van der Waals surface area contributed by atoms with Gasteiger partial charge in [-0.1, -0.05) is 0 Å². The highest BCUT2D eigenvalue weighted by molar-refractivity contribution is 8.00. The van der Waals surface area contributed by atoms with Crippen molar-refractivity contribution in [3.05, 3.63) is 29.8 Å². The number of carbonyl (C=O) groups excluding carboxylic acids is 2. The van der Waals surface area contributed by atoms with Crippen LogP contribution in [0, 0.1) is 0 Å². The van der Waals surface area contributed by atoms with Gasteiger partial charge in [0.1, 0.15) is 0 Å². The Hall–Kier alpha value is -1.70. The molecule has 0 aliphatic carbocycles. The smallest absolute Gasteiger partial charge is 0.355 e. The summed E-state index contributed by atoms with van der Waals surface area (Å²) in [4.78, 5) is 22.2. The fourth-order valence-electron chi connectivity index (χ4n) is 1.32. The molecule has 0 saturated heterocycles. The van der Waals surface area contributed by atoms with E-state index in [0.29, 0.717) is 6.54 Å². The Morgan fingerprint density at radius 2 is 1.65 bits per heavy atom. The molecule has 20 heavy (non-hydrogen) atoms. The molecule has 2 N–H and O–H groups in total. The Bertz CT molecular complexity index is 475. The summed E-state index contributed by atoms with van der Waals surface area (Å²) in [6, 6.07) is 5.12. The number of hydrogen-bond acceptors (Lipinski definition) is 3. The van der Waals surface area contributed by atoms with Crippen molar-refractivity contribution >= 4 is 23.6 Å². The molecule has 0 fully saturated rings. The second-order valence-corrected chi connectivity index (χ2v) is 4.95. The number of hydrogen-bond donors (Lipinski definition) is 2. The number of halogens is 3. The number of benzene rings is 1. The molecule has 4 nitrogen and oxygen atoms in total. The maximum atomic E-state index is 12.1. The van der Waals surface area contributed by atoms with Crippen LogP contribution in [-0.4, -0.2) is 30.4 Å². The van der Waals surface area contributed by atoms with E-state index in [1.54, 1.807) is 0 Å². The molecular formula is C12H13F3N2O2S. The summed E-state index contributed by atoms with van der Waals surface area (Å²) in [5.41, 5.74) is -4.08. The third-order valence-electron chi connectivity index (χ3n) is 2.13. The second-order valence-electron chi connectivity index (χ2n) is 3.81. The summed E-state index contributed by atoms with van der Waals surface area (Å²) in [5.74, 6) is -0.605. The van der Waals surface area contributed by atoms with Crippen LogP contribution in [0.3, 0.4) is 0 Å². The van der Waals surface area contributed by atoms with E-state index >= 15 is 0 Å². The van der Waals surface area contributed by atoms with Gasteiger partial charge < -0.3 is 10.6 Å². The highest BCUT2D eigenvalue weighted by Gasteiger charge is 2.29. The molecule has 0 aliphatic rings. The maximum Gasteiger partial charge on any atom is 0.446 e. The van der Waals surface area contributed by atoms with E-state index in [2.05, 4.69) is 10.6 Å². The van der Waals surface area contributed by atoms with Crippen LogP contribution >= 0.6 is 11.8 Å². The first-order valence-electron chi connectivity index (χ1n) is 5.66. The average molecular weight is 306 g/mol. The van der Waals surface area contributed by atoms with Gasteiger partial charge in [-0.25, -0.2) is 0 Å².